The lowest BCUT2D eigenvalue weighted by atomic mass is 10.2. The van der Waals surface area contributed by atoms with Crippen molar-refractivity contribution in [1.29, 1.82) is 0 Å². The normalized spacial score (nSPS) is 11.6. The minimum Gasteiger partial charge on any atom is -0.495 e. The number of ether oxygens (including phenoxy) is 1. The number of nitrogens with one attached hydrogen (secondary N) is 1. The highest BCUT2D eigenvalue weighted by molar-refractivity contribution is 7.92. The molecule has 0 spiro atoms. The Morgan fingerprint density at radius 3 is 2.38 bits per heavy atom. The van der Waals surface area contributed by atoms with Gasteiger partial charge in [-0.3, -0.25) is 9.10 Å². The van der Waals surface area contributed by atoms with E-state index in [1.54, 1.807) is 24.4 Å². The Hall–Kier alpha value is -4.08. The van der Waals surface area contributed by atoms with Crippen LogP contribution in [-0.4, -0.2) is 38.8 Å². The van der Waals surface area contributed by atoms with Crippen LogP contribution in [0.15, 0.2) is 82.8 Å². The molecule has 4 rings (SSSR count). The minimum absolute atomic E-state index is 0.0463. The lowest BCUT2D eigenvalue weighted by Crippen LogP contribution is -2.39. The van der Waals surface area contributed by atoms with Crippen LogP contribution in [0.3, 0.4) is 0 Å². The highest BCUT2D eigenvalue weighted by Gasteiger charge is 2.28. The molecule has 1 N–H and O–H groups in total. The minimum atomic E-state index is -4.11. The van der Waals surface area contributed by atoms with Gasteiger partial charge in [0.1, 0.15) is 12.3 Å². The molecule has 0 fully saturated rings. The topological polar surface area (TPSA) is 93.0 Å². The maximum atomic E-state index is 13.6. The summed E-state index contributed by atoms with van der Waals surface area (Å²) in [6.07, 6.45) is 1.55. The summed E-state index contributed by atoms with van der Waals surface area (Å²) in [7, 11) is -2.64. The number of benzene rings is 3. The first-order valence-electron chi connectivity index (χ1n) is 12.5. The molecule has 0 bridgehead atoms. The van der Waals surface area contributed by atoms with Gasteiger partial charge in [0.25, 0.3) is 15.9 Å². The van der Waals surface area contributed by atoms with E-state index < -0.39 is 22.5 Å². The molecule has 1 amide bonds. The Morgan fingerprint density at radius 2 is 1.73 bits per heavy atom. The molecule has 0 aliphatic rings. The third-order valence-electron chi connectivity index (χ3n) is 6.54. The molecule has 1 heterocycles. The summed E-state index contributed by atoms with van der Waals surface area (Å²) in [6.45, 7) is 7.38. The molecule has 40 heavy (non-hydrogen) atoms. The average Bonchev–Trinajstić information content (AvgIpc) is 3.20. The molecule has 0 saturated carbocycles. The summed E-state index contributed by atoms with van der Waals surface area (Å²) in [6, 6.07) is 21.0. The average molecular weight is 579 g/mol. The van der Waals surface area contributed by atoms with Crippen LogP contribution in [0.2, 0.25) is 5.02 Å². The van der Waals surface area contributed by atoms with Crippen molar-refractivity contribution in [2.24, 2.45) is 5.10 Å². The summed E-state index contributed by atoms with van der Waals surface area (Å²) < 4.78 is 35.6. The van der Waals surface area contributed by atoms with Crippen molar-refractivity contribution in [2.75, 3.05) is 18.0 Å². The molecule has 10 heteroatoms. The number of sulfonamides is 1. The molecule has 4 aromatic rings. The zero-order chi connectivity index (χ0) is 29.0. The number of aryl methyl sites for hydroxylation is 3. The number of hydrogen-bond acceptors (Lipinski definition) is 5. The van der Waals surface area contributed by atoms with Gasteiger partial charge in [0.2, 0.25) is 0 Å². The van der Waals surface area contributed by atoms with Crippen molar-refractivity contribution in [3.8, 4) is 11.4 Å². The number of amides is 1. The summed E-state index contributed by atoms with van der Waals surface area (Å²) in [5.74, 6) is -0.234. The first-order valence-corrected chi connectivity index (χ1v) is 14.3. The van der Waals surface area contributed by atoms with Crippen LogP contribution in [0.5, 0.6) is 5.75 Å². The number of anilines is 1. The Kier molecular flexibility index (Phi) is 8.66. The maximum absolute atomic E-state index is 13.6. The molecule has 0 aliphatic carbocycles. The van der Waals surface area contributed by atoms with E-state index in [1.807, 2.05) is 45.0 Å². The van der Waals surface area contributed by atoms with E-state index in [0.29, 0.717) is 5.75 Å². The standard InChI is InChI=1S/C30H31ClN4O4S/c1-20-10-13-26(14-11-20)40(37,38)34(25-12-15-29(39-5)27(31)17-25)19-30(36)33-32-18-24-16-22(3)35(23(24)4)28-9-7-6-8-21(28)2/h6-18H,19H2,1-5H3,(H,33,36)/b32-18-. The molecule has 8 nitrogen and oxygen atoms in total. The molecular weight excluding hydrogens is 548 g/mol. The number of halogens is 1. The number of rotatable bonds is 9. The van der Waals surface area contributed by atoms with E-state index in [4.69, 9.17) is 16.3 Å². The summed E-state index contributed by atoms with van der Waals surface area (Å²) in [5, 5.41) is 4.34. The molecule has 208 valence electrons. The third-order valence-corrected chi connectivity index (χ3v) is 8.62. The van der Waals surface area contributed by atoms with Gasteiger partial charge in [-0.2, -0.15) is 5.10 Å². The van der Waals surface area contributed by atoms with E-state index in [9.17, 15) is 13.2 Å². The SMILES string of the molecule is COc1ccc(N(CC(=O)N/N=C\c2cc(C)n(-c3ccccc3C)c2C)S(=O)(=O)c2ccc(C)cc2)cc1Cl. The van der Waals surface area contributed by atoms with Gasteiger partial charge in [-0.1, -0.05) is 47.5 Å². The second-order valence-electron chi connectivity index (χ2n) is 9.39. The van der Waals surface area contributed by atoms with Crippen molar-refractivity contribution in [3.63, 3.8) is 0 Å². The number of carbonyl (C=O) groups excluding carboxylic acids is 1. The molecule has 0 unspecified atom stereocenters. The summed E-state index contributed by atoms with van der Waals surface area (Å²) in [4.78, 5) is 13.0. The van der Waals surface area contributed by atoms with Crippen molar-refractivity contribution in [1.82, 2.24) is 9.99 Å². The predicted molar refractivity (Wildman–Crippen MR) is 159 cm³/mol. The summed E-state index contributed by atoms with van der Waals surface area (Å²) in [5.41, 5.74) is 8.60. The van der Waals surface area contributed by atoms with E-state index in [0.717, 1.165) is 38.1 Å². The van der Waals surface area contributed by atoms with Crippen LogP contribution in [0.25, 0.3) is 5.69 Å². The predicted octanol–water partition coefficient (Wildman–Crippen LogP) is 5.72. The van der Waals surface area contributed by atoms with Gasteiger partial charge in [-0.05, 0) is 75.7 Å². The fraction of sp³-hybridized carbons (Fsp3) is 0.200. The number of nitrogens with zero attached hydrogens (tertiary/aromatic N) is 3. The zero-order valence-corrected chi connectivity index (χ0v) is 24.5. The first-order chi connectivity index (χ1) is 19.0. The first kappa shape index (κ1) is 28.9. The molecule has 1 aromatic heterocycles. The molecule has 0 saturated heterocycles. The Bertz CT molecular complexity index is 1680. The molecule has 0 aliphatic heterocycles. The third kappa shape index (κ3) is 6.05. The lowest BCUT2D eigenvalue weighted by molar-refractivity contribution is -0.119. The molecule has 0 atom stereocenters. The van der Waals surface area contributed by atoms with E-state index in [2.05, 4.69) is 28.1 Å². The highest BCUT2D eigenvalue weighted by atomic mass is 35.5. The van der Waals surface area contributed by atoms with Gasteiger partial charge in [0.15, 0.2) is 0 Å². The van der Waals surface area contributed by atoms with Crippen molar-refractivity contribution in [2.45, 2.75) is 32.6 Å². The van der Waals surface area contributed by atoms with E-state index in [1.165, 1.54) is 31.4 Å². The van der Waals surface area contributed by atoms with Crippen molar-refractivity contribution >= 4 is 39.4 Å². The Morgan fingerprint density at radius 1 is 1.02 bits per heavy atom. The van der Waals surface area contributed by atoms with Crippen LogP contribution >= 0.6 is 11.6 Å². The van der Waals surface area contributed by atoms with Crippen LogP contribution in [0.4, 0.5) is 5.69 Å². The number of aromatic nitrogens is 1. The van der Waals surface area contributed by atoms with Crippen LogP contribution in [0, 0.1) is 27.7 Å². The van der Waals surface area contributed by atoms with Gasteiger partial charge >= 0.3 is 0 Å². The van der Waals surface area contributed by atoms with Crippen molar-refractivity contribution in [3.05, 3.63) is 106 Å². The quantitative estimate of drug-likeness (QED) is 0.203. The zero-order valence-electron chi connectivity index (χ0n) is 23.0. The molecular formula is C30H31ClN4O4S. The number of para-hydroxylation sites is 1. The van der Waals surface area contributed by atoms with Gasteiger partial charge in [0, 0.05) is 22.6 Å². The summed E-state index contributed by atoms with van der Waals surface area (Å²) >= 11 is 6.29. The van der Waals surface area contributed by atoms with Gasteiger partial charge < -0.3 is 9.30 Å². The van der Waals surface area contributed by atoms with Gasteiger partial charge in [-0.25, -0.2) is 13.8 Å². The molecule has 0 radical (unpaired) electrons. The van der Waals surface area contributed by atoms with Crippen LogP contribution in [0.1, 0.15) is 28.1 Å². The fourth-order valence-corrected chi connectivity index (χ4v) is 6.07. The van der Waals surface area contributed by atoms with Crippen LogP contribution < -0.4 is 14.5 Å². The number of carbonyl (C=O) groups is 1. The Labute approximate surface area is 239 Å². The number of hydrazone groups is 1. The second-order valence-corrected chi connectivity index (χ2v) is 11.7. The van der Waals surface area contributed by atoms with Crippen LogP contribution in [-0.2, 0) is 14.8 Å². The molecule has 3 aromatic carbocycles. The maximum Gasteiger partial charge on any atom is 0.264 e. The van der Waals surface area contributed by atoms with E-state index >= 15 is 0 Å². The lowest BCUT2D eigenvalue weighted by Gasteiger charge is -2.24. The van der Waals surface area contributed by atoms with Crippen molar-refractivity contribution < 1.29 is 17.9 Å². The smallest absolute Gasteiger partial charge is 0.264 e. The second kappa shape index (κ2) is 12.0. The Balaban J connectivity index is 1.59. The number of methoxy groups -OCH3 is 1. The van der Waals surface area contributed by atoms with Gasteiger partial charge in [-0.15, -0.1) is 0 Å². The fourth-order valence-electron chi connectivity index (χ4n) is 4.41. The number of hydrogen-bond donors (Lipinski definition) is 1. The largest absolute Gasteiger partial charge is 0.495 e. The van der Waals surface area contributed by atoms with Gasteiger partial charge in [0.05, 0.1) is 28.9 Å². The van der Waals surface area contributed by atoms with E-state index in [-0.39, 0.29) is 15.6 Å². The highest BCUT2D eigenvalue weighted by Crippen LogP contribution is 2.32. The monoisotopic (exact) mass is 578 g/mol.